The zero-order valence-corrected chi connectivity index (χ0v) is 22.8. The van der Waals surface area contributed by atoms with Crippen LogP contribution in [0.2, 0.25) is 5.02 Å². The second-order valence-electron chi connectivity index (χ2n) is 10.7. The van der Waals surface area contributed by atoms with Crippen LogP contribution in [0.15, 0.2) is 53.7 Å². The Balaban J connectivity index is 1.57. The maximum absolute atomic E-state index is 12.8. The number of rotatable bonds is 6. The molecule has 2 aromatic carbocycles. The average Bonchev–Trinajstić information content (AvgIpc) is 3.25. The van der Waals surface area contributed by atoms with Crippen LogP contribution < -0.4 is 5.32 Å². The summed E-state index contributed by atoms with van der Waals surface area (Å²) >= 11 is 7.56. The van der Waals surface area contributed by atoms with Crippen LogP contribution in [-0.2, 0) is 10.2 Å². The standard InChI is InChI=1S/C28H35ClN4OS/c1-18-7-6-8-24(19(18)2)30-25(34)17-35-27-32-31-26(33(27)23-15-13-22(29)14-16-23)20-9-11-21(12-10-20)28(3,4)5/h9-16,18-19,24H,6-8,17H2,1-5H3,(H,30,34)/t18-,19+,24+/m0/s1. The van der Waals surface area contributed by atoms with Crippen molar-refractivity contribution in [1.29, 1.82) is 0 Å². The summed E-state index contributed by atoms with van der Waals surface area (Å²) in [5.74, 6) is 2.22. The van der Waals surface area contributed by atoms with Gasteiger partial charge in [-0.25, -0.2) is 0 Å². The van der Waals surface area contributed by atoms with Crippen LogP contribution in [-0.4, -0.2) is 32.5 Å². The van der Waals surface area contributed by atoms with Gasteiger partial charge in [0.25, 0.3) is 0 Å². The van der Waals surface area contributed by atoms with Gasteiger partial charge in [0.1, 0.15) is 0 Å². The fourth-order valence-corrected chi connectivity index (χ4v) is 5.55. The summed E-state index contributed by atoms with van der Waals surface area (Å²) in [4.78, 5) is 12.8. The molecule has 1 aliphatic rings. The average molecular weight is 511 g/mol. The summed E-state index contributed by atoms with van der Waals surface area (Å²) < 4.78 is 2.01. The quantitative estimate of drug-likeness (QED) is 0.366. The lowest BCUT2D eigenvalue weighted by Crippen LogP contribution is -2.44. The molecule has 4 rings (SSSR count). The number of nitrogens with zero attached hydrogens (tertiary/aromatic N) is 3. The molecule has 1 aliphatic carbocycles. The molecule has 0 spiro atoms. The molecule has 3 aromatic rings. The number of benzene rings is 2. The number of aromatic nitrogens is 3. The van der Waals surface area contributed by atoms with E-state index in [4.69, 9.17) is 11.6 Å². The van der Waals surface area contributed by atoms with E-state index in [1.807, 2.05) is 28.8 Å². The number of thioether (sulfide) groups is 1. The normalized spacial score (nSPS) is 20.6. The summed E-state index contributed by atoms with van der Waals surface area (Å²) in [5, 5.41) is 13.6. The molecule has 5 nitrogen and oxygen atoms in total. The molecule has 1 N–H and O–H groups in total. The van der Waals surface area contributed by atoms with E-state index in [-0.39, 0.29) is 17.4 Å². The topological polar surface area (TPSA) is 59.8 Å². The summed E-state index contributed by atoms with van der Waals surface area (Å²) in [6, 6.07) is 16.3. The van der Waals surface area contributed by atoms with Crippen molar-refractivity contribution in [3.05, 3.63) is 59.1 Å². The molecule has 0 unspecified atom stereocenters. The van der Waals surface area contributed by atoms with Crippen LogP contribution in [0.3, 0.4) is 0 Å². The highest BCUT2D eigenvalue weighted by Crippen LogP contribution is 2.32. The molecule has 0 saturated heterocycles. The molecule has 1 saturated carbocycles. The Labute approximate surface area is 218 Å². The van der Waals surface area contributed by atoms with Crippen LogP contribution in [0.25, 0.3) is 17.1 Å². The minimum atomic E-state index is 0.0442. The van der Waals surface area contributed by atoms with E-state index in [1.165, 1.54) is 30.2 Å². The zero-order chi connectivity index (χ0) is 25.2. The van der Waals surface area contributed by atoms with Crippen molar-refractivity contribution in [2.45, 2.75) is 70.5 Å². The molecule has 7 heteroatoms. The van der Waals surface area contributed by atoms with E-state index in [1.54, 1.807) is 0 Å². The summed E-state index contributed by atoms with van der Waals surface area (Å²) in [6.07, 6.45) is 3.47. The third kappa shape index (κ3) is 6.10. The largest absolute Gasteiger partial charge is 0.352 e. The fraction of sp³-hybridized carbons (Fsp3) is 0.464. The maximum atomic E-state index is 12.8. The first kappa shape index (κ1) is 25.8. The second-order valence-corrected chi connectivity index (χ2v) is 12.1. The second kappa shape index (κ2) is 10.8. The van der Waals surface area contributed by atoms with E-state index >= 15 is 0 Å². The molecule has 1 fully saturated rings. The molecule has 0 radical (unpaired) electrons. The van der Waals surface area contributed by atoms with Crippen LogP contribution >= 0.6 is 23.4 Å². The Kier molecular flexibility index (Phi) is 7.92. The van der Waals surface area contributed by atoms with E-state index in [0.29, 0.717) is 27.8 Å². The first-order valence-corrected chi connectivity index (χ1v) is 13.7. The molecular weight excluding hydrogens is 476 g/mol. The Hall–Kier alpha value is -2.31. The third-order valence-electron chi connectivity index (χ3n) is 7.11. The van der Waals surface area contributed by atoms with Crippen molar-refractivity contribution in [2.24, 2.45) is 11.8 Å². The predicted octanol–water partition coefficient (Wildman–Crippen LogP) is 6.92. The van der Waals surface area contributed by atoms with E-state index < -0.39 is 0 Å². The maximum Gasteiger partial charge on any atom is 0.230 e. The first-order chi connectivity index (χ1) is 16.6. The van der Waals surface area contributed by atoms with Gasteiger partial charge in [-0.1, -0.05) is 95.1 Å². The van der Waals surface area contributed by atoms with Gasteiger partial charge in [-0.05, 0) is 53.5 Å². The van der Waals surface area contributed by atoms with Gasteiger partial charge < -0.3 is 5.32 Å². The zero-order valence-electron chi connectivity index (χ0n) is 21.2. The van der Waals surface area contributed by atoms with Gasteiger partial charge in [-0.15, -0.1) is 10.2 Å². The molecular formula is C28H35ClN4OS. The number of halogens is 1. The molecule has 1 aromatic heterocycles. The Morgan fingerprint density at radius 2 is 1.74 bits per heavy atom. The fourth-order valence-electron chi connectivity index (χ4n) is 4.66. The number of hydrogen-bond donors (Lipinski definition) is 1. The van der Waals surface area contributed by atoms with Crippen molar-refractivity contribution in [3.8, 4) is 17.1 Å². The molecule has 0 bridgehead atoms. The van der Waals surface area contributed by atoms with Crippen LogP contribution in [0, 0.1) is 11.8 Å². The highest BCUT2D eigenvalue weighted by Gasteiger charge is 2.28. The van der Waals surface area contributed by atoms with Gasteiger partial charge in [0.05, 0.1) is 5.75 Å². The molecule has 1 heterocycles. The van der Waals surface area contributed by atoms with E-state index in [2.05, 4.69) is 74.4 Å². The number of amides is 1. The Morgan fingerprint density at radius 3 is 2.40 bits per heavy atom. The number of carbonyl (C=O) groups is 1. The number of nitrogens with one attached hydrogen (secondary N) is 1. The Bertz CT molecular complexity index is 1150. The monoisotopic (exact) mass is 510 g/mol. The van der Waals surface area contributed by atoms with Crippen LogP contribution in [0.1, 0.15) is 59.4 Å². The molecule has 0 aliphatic heterocycles. The first-order valence-electron chi connectivity index (χ1n) is 12.4. The van der Waals surface area contributed by atoms with Crippen LogP contribution in [0.4, 0.5) is 0 Å². The summed E-state index contributed by atoms with van der Waals surface area (Å²) in [7, 11) is 0. The highest BCUT2D eigenvalue weighted by atomic mass is 35.5. The minimum absolute atomic E-state index is 0.0442. The molecule has 186 valence electrons. The van der Waals surface area contributed by atoms with Gasteiger partial charge in [0, 0.05) is 22.3 Å². The van der Waals surface area contributed by atoms with Crippen LogP contribution in [0.5, 0.6) is 0 Å². The summed E-state index contributed by atoms with van der Waals surface area (Å²) in [6.45, 7) is 11.1. The van der Waals surface area contributed by atoms with E-state index in [9.17, 15) is 4.79 Å². The summed E-state index contributed by atoms with van der Waals surface area (Å²) in [5.41, 5.74) is 3.22. The lowest BCUT2D eigenvalue weighted by molar-refractivity contribution is -0.120. The van der Waals surface area contributed by atoms with Crippen molar-refractivity contribution in [2.75, 3.05) is 5.75 Å². The molecule has 1 amide bonds. The lowest BCUT2D eigenvalue weighted by atomic mass is 9.78. The van der Waals surface area contributed by atoms with Gasteiger partial charge >= 0.3 is 0 Å². The molecule has 35 heavy (non-hydrogen) atoms. The van der Waals surface area contributed by atoms with Gasteiger partial charge in [-0.3, -0.25) is 9.36 Å². The highest BCUT2D eigenvalue weighted by molar-refractivity contribution is 7.99. The lowest BCUT2D eigenvalue weighted by Gasteiger charge is -2.34. The van der Waals surface area contributed by atoms with Crippen molar-refractivity contribution < 1.29 is 4.79 Å². The van der Waals surface area contributed by atoms with Gasteiger partial charge in [0.15, 0.2) is 11.0 Å². The minimum Gasteiger partial charge on any atom is -0.352 e. The smallest absolute Gasteiger partial charge is 0.230 e. The Morgan fingerprint density at radius 1 is 1.06 bits per heavy atom. The SMILES string of the molecule is C[C@@H]1[C@@H](C)CCC[C@H]1NC(=O)CSc1nnc(-c2ccc(C(C)(C)C)cc2)n1-c1ccc(Cl)cc1. The van der Waals surface area contributed by atoms with Crippen molar-refractivity contribution in [1.82, 2.24) is 20.1 Å². The third-order valence-corrected chi connectivity index (χ3v) is 8.29. The van der Waals surface area contributed by atoms with E-state index in [0.717, 1.165) is 23.5 Å². The number of carbonyl (C=O) groups excluding carboxylic acids is 1. The predicted molar refractivity (Wildman–Crippen MR) is 145 cm³/mol. The van der Waals surface area contributed by atoms with Crippen molar-refractivity contribution >= 4 is 29.3 Å². The number of hydrogen-bond acceptors (Lipinski definition) is 4. The molecule has 3 atom stereocenters. The van der Waals surface area contributed by atoms with Gasteiger partial charge in [-0.2, -0.15) is 0 Å². The van der Waals surface area contributed by atoms with Crippen molar-refractivity contribution in [3.63, 3.8) is 0 Å². The van der Waals surface area contributed by atoms with Gasteiger partial charge in [0.2, 0.25) is 5.91 Å².